The quantitative estimate of drug-likeness (QED) is 0.653. The van der Waals surface area contributed by atoms with Gasteiger partial charge in [0, 0.05) is 25.4 Å². The number of methoxy groups -OCH3 is 1. The Balaban J connectivity index is 2.09. The summed E-state index contributed by atoms with van der Waals surface area (Å²) in [6, 6.07) is 11.1. The zero-order valence-electron chi connectivity index (χ0n) is 11.5. The standard InChI is InChI=1S/C15H15FN2O3/c1-21-10-11-3-2-4-14(6-11)17-9-12-5-13(16)8-15(7-12)18(19)20/h2-8,17H,9-10H2,1H3. The number of non-ortho nitro benzene ring substituents is 1. The molecular formula is C15H15FN2O3. The fourth-order valence-corrected chi connectivity index (χ4v) is 1.98. The van der Waals surface area contributed by atoms with Crippen molar-refractivity contribution in [3.63, 3.8) is 0 Å². The van der Waals surface area contributed by atoms with Gasteiger partial charge in [-0.25, -0.2) is 4.39 Å². The predicted molar refractivity (Wildman–Crippen MR) is 77.5 cm³/mol. The number of halogens is 1. The smallest absolute Gasteiger partial charge is 0.272 e. The van der Waals surface area contributed by atoms with Gasteiger partial charge in [-0.1, -0.05) is 12.1 Å². The molecule has 0 bridgehead atoms. The molecule has 110 valence electrons. The number of nitrogens with zero attached hydrogens (tertiary/aromatic N) is 1. The van der Waals surface area contributed by atoms with Crippen molar-refractivity contribution in [2.75, 3.05) is 12.4 Å². The number of nitro benzene ring substituents is 1. The summed E-state index contributed by atoms with van der Waals surface area (Å²) >= 11 is 0. The number of ether oxygens (including phenoxy) is 1. The van der Waals surface area contributed by atoms with Crippen LogP contribution in [-0.4, -0.2) is 12.0 Å². The second-order valence-corrected chi connectivity index (χ2v) is 4.56. The van der Waals surface area contributed by atoms with E-state index in [1.165, 1.54) is 12.1 Å². The van der Waals surface area contributed by atoms with Gasteiger partial charge in [-0.3, -0.25) is 10.1 Å². The van der Waals surface area contributed by atoms with E-state index in [0.717, 1.165) is 17.3 Å². The number of nitrogens with one attached hydrogen (secondary N) is 1. The highest BCUT2D eigenvalue weighted by molar-refractivity contribution is 5.47. The topological polar surface area (TPSA) is 64.4 Å². The van der Waals surface area contributed by atoms with E-state index in [-0.39, 0.29) is 5.69 Å². The van der Waals surface area contributed by atoms with Gasteiger partial charge in [0.05, 0.1) is 17.6 Å². The van der Waals surface area contributed by atoms with Crippen LogP contribution in [0.15, 0.2) is 42.5 Å². The van der Waals surface area contributed by atoms with E-state index in [2.05, 4.69) is 5.32 Å². The molecule has 2 aromatic carbocycles. The fourth-order valence-electron chi connectivity index (χ4n) is 1.98. The Labute approximate surface area is 121 Å². The number of hydrogen-bond acceptors (Lipinski definition) is 4. The molecule has 0 saturated heterocycles. The maximum Gasteiger partial charge on any atom is 0.272 e. The first-order chi connectivity index (χ1) is 10.1. The Morgan fingerprint density at radius 3 is 2.76 bits per heavy atom. The lowest BCUT2D eigenvalue weighted by Gasteiger charge is -2.08. The summed E-state index contributed by atoms with van der Waals surface area (Å²) in [6.07, 6.45) is 0. The number of benzene rings is 2. The van der Waals surface area contributed by atoms with Gasteiger partial charge < -0.3 is 10.1 Å². The van der Waals surface area contributed by atoms with Crippen LogP contribution in [0.5, 0.6) is 0 Å². The Bertz CT molecular complexity index is 647. The van der Waals surface area contributed by atoms with Crippen molar-refractivity contribution in [3.05, 3.63) is 69.5 Å². The average molecular weight is 290 g/mol. The molecule has 0 aromatic heterocycles. The minimum Gasteiger partial charge on any atom is -0.381 e. The van der Waals surface area contributed by atoms with Crippen LogP contribution in [0.2, 0.25) is 0 Å². The van der Waals surface area contributed by atoms with Crippen molar-refractivity contribution in [1.29, 1.82) is 0 Å². The lowest BCUT2D eigenvalue weighted by Crippen LogP contribution is -2.01. The summed E-state index contributed by atoms with van der Waals surface area (Å²) in [7, 11) is 1.62. The van der Waals surface area contributed by atoms with Gasteiger partial charge in [-0.05, 0) is 29.3 Å². The molecule has 0 aliphatic rings. The largest absolute Gasteiger partial charge is 0.381 e. The third-order valence-corrected chi connectivity index (χ3v) is 2.89. The Kier molecular flexibility index (Phi) is 4.84. The third kappa shape index (κ3) is 4.25. The molecule has 0 spiro atoms. The van der Waals surface area contributed by atoms with Crippen molar-refractivity contribution in [3.8, 4) is 0 Å². The van der Waals surface area contributed by atoms with Crippen LogP contribution in [0.4, 0.5) is 15.8 Å². The van der Waals surface area contributed by atoms with Crippen LogP contribution in [-0.2, 0) is 17.9 Å². The summed E-state index contributed by atoms with van der Waals surface area (Å²) in [5.41, 5.74) is 2.11. The SMILES string of the molecule is COCc1cccc(NCc2cc(F)cc([N+](=O)[O-])c2)c1. The van der Waals surface area contributed by atoms with Gasteiger partial charge >= 0.3 is 0 Å². The monoisotopic (exact) mass is 290 g/mol. The van der Waals surface area contributed by atoms with Gasteiger partial charge in [-0.2, -0.15) is 0 Å². The van der Waals surface area contributed by atoms with E-state index < -0.39 is 10.7 Å². The van der Waals surface area contributed by atoms with Crippen molar-refractivity contribution in [1.82, 2.24) is 0 Å². The molecule has 0 amide bonds. The first-order valence-electron chi connectivity index (χ1n) is 6.34. The van der Waals surface area contributed by atoms with E-state index in [0.29, 0.717) is 18.7 Å². The minimum atomic E-state index is -0.617. The first kappa shape index (κ1) is 14.9. The van der Waals surface area contributed by atoms with Crippen molar-refractivity contribution in [2.45, 2.75) is 13.2 Å². The zero-order valence-corrected chi connectivity index (χ0v) is 11.5. The van der Waals surface area contributed by atoms with Gasteiger partial charge in [0.15, 0.2) is 0 Å². The van der Waals surface area contributed by atoms with Gasteiger partial charge in [0.25, 0.3) is 5.69 Å². The minimum absolute atomic E-state index is 0.250. The highest BCUT2D eigenvalue weighted by Gasteiger charge is 2.09. The number of rotatable bonds is 6. The third-order valence-electron chi connectivity index (χ3n) is 2.89. The Morgan fingerprint density at radius 1 is 1.24 bits per heavy atom. The fraction of sp³-hybridized carbons (Fsp3) is 0.200. The normalized spacial score (nSPS) is 10.4. The molecule has 5 nitrogen and oxygen atoms in total. The summed E-state index contributed by atoms with van der Waals surface area (Å²) in [6.45, 7) is 0.802. The van der Waals surface area contributed by atoms with E-state index >= 15 is 0 Å². The van der Waals surface area contributed by atoms with Crippen LogP contribution in [0.3, 0.4) is 0 Å². The second kappa shape index (κ2) is 6.81. The van der Waals surface area contributed by atoms with Crippen LogP contribution >= 0.6 is 0 Å². The lowest BCUT2D eigenvalue weighted by molar-refractivity contribution is -0.385. The molecule has 0 heterocycles. The molecule has 0 radical (unpaired) electrons. The van der Waals surface area contributed by atoms with Crippen molar-refractivity contribution in [2.24, 2.45) is 0 Å². The van der Waals surface area contributed by atoms with Crippen LogP contribution in [0, 0.1) is 15.9 Å². The lowest BCUT2D eigenvalue weighted by atomic mass is 10.1. The predicted octanol–water partition coefficient (Wildman–Crippen LogP) is 3.49. The van der Waals surface area contributed by atoms with E-state index in [1.54, 1.807) is 7.11 Å². The van der Waals surface area contributed by atoms with Crippen LogP contribution < -0.4 is 5.32 Å². The molecule has 21 heavy (non-hydrogen) atoms. The average Bonchev–Trinajstić information content (AvgIpc) is 2.45. The molecule has 2 rings (SSSR count). The zero-order chi connectivity index (χ0) is 15.2. The van der Waals surface area contributed by atoms with E-state index in [9.17, 15) is 14.5 Å². The Hall–Kier alpha value is -2.47. The maximum atomic E-state index is 13.3. The summed E-state index contributed by atoms with van der Waals surface area (Å²) in [4.78, 5) is 10.1. The number of anilines is 1. The number of nitro groups is 1. The second-order valence-electron chi connectivity index (χ2n) is 4.56. The summed E-state index contributed by atoms with van der Waals surface area (Å²) in [5, 5.41) is 13.8. The molecule has 0 fully saturated rings. The van der Waals surface area contributed by atoms with Crippen LogP contribution in [0.25, 0.3) is 0 Å². The molecule has 0 saturated carbocycles. The van der Waals surface area contributed by atoms with Crippen molar-refractivity contribution < 1.29 is 14.1 Å². The molecule has 0 unspecified atom stereocenters. The molecule has 2 aromatic rings. The Morgan fingerprint density at radius 2 is 2.05 bits per heavy atom. The molecule has 6 heteroatoms. The molecule has 0 aliphatic heterocycles. The van der Waals surface area contributed by atoms with E-state index in [4.69, 9.17) is 4.74 Å². The first-order valence-corrected chi connectivity index (χ1v) is 6.34. The highest BCUT2D eigenvalue weighted by Crippen LogP contribution is 2.18. The molecule has 0 aliphatic carbocycles. The van der Waals surface area contributed by atoms with E-state index in [1.807, 2.05) is 24.3 Å². The maximum absolute atomic E-state index is 13.3. The molecule has 1 N–H and O–H groups in total. The van der Waals surface area contributed by atoms with Crippen LogP contribution in [0.1, 0.15) is 11.1 Å². The molecule has 0 atom stereocenters. The summed E-state index contributed by atoms with van der Waals surface area (Å²) < 4.78 is 18.4. The molecular weight excluding hydrogens is 275 g/mol. The van der Waals surface area contributed by atoms with Gasteiger partial charge in [0.2, 0.25) is 0 Å². The number of hydrogen-bond donors (Lipinski definition) is 1. The highest BCUT2D eigenvalue weighted by atomic mass is 19.1. The van der Waals surface area contributed by atoms with Gasteiger partial charge in [-0.15, -0.1) is 0 Å². The summed E-state index contributed by atoms with van der Waals surface area (Å²) in [5.74, 6) is -0.617. The van der Waals surface area contributed by atoms with Gasteiger partial charge in [0.1, 0.15) is 5.82 Å². The van der Waals surface area contributed by atoms with Crippen molar-refractivity contribution >= 4 is 11.4 Å².